The maximum absolute atomic E-state index is 9.82. The Morgan fingerprint density at radius 3 is 2.73 bits per heavy atom. The van der Waals surface area contributed by atoms with Crippen LogP contribution >= 0.6 is 0 Å². The van der Waals surface area contributed by atoms with Crippen LogP contribution in [-0.2, 0) is 6.61 Å². The second-order valence-electron chi connectivity index (χ2n) is 5.14. The lowest BCUT2D eigenvalue weighted by Gasteiger charge is -2.01. The number of phenolic OH excluding ortho intramolecular Hbond substituents is 1. The SMILES string of the molecule is Cc1ccc(O)c(N=Nc2c(C)nc3ccc(CO)cn23)c1. The Labute approximate surface area is 127 Å². The first-order chi connectivity index (χ1) is 10.6. The molecule has 3 rings (SSSR count). The molecule has 0 bridgehead atoms. The normalized spacial score (nSPS) is 11.6. The van der Waals surface area contributed by atoms with Gasteiger partial charge in [-0.05, 0) is 43.2 Å². The zero-order valence-electron chi connectivity index (χ0n) is 12.4. The van der Waals surface area contributed by atoms with Gasteiger partial charge in [-0.2, -0.15) is 0 Å². The molecule has 0 unspecified atom stereocenters. The highest BCUT2D eigenvalue weighted by atomic mass is 16.3. The van der Waals surface area contributed by atoms with Crippen molar-refractivity contribution >= 4 is 17.2 Å². The van der Waals surface area contributed by atoms with Crippen LogP contribution in [0.15, 0.2) is 46.8 Å². The molecule has 0 atom stereocenters. The summed E-state index contributed by atoms with van der Waals surface area (Å²) in [5, 5.41) is 27.4. The van der Waals surface area contributed by atoms with Gasteiger partial charge in [0.05, 0.1) is 12.3 Å². The van der Waals surface area contributed by atoms with Crippen molar-refractivity contribution in [2.75, 3.05) is 0 Å². The number of aliphatic hydroxyl groups excluding tert-OH is 1. The predicted molar refractivity (Wildman–Crippen MR) is 82.9 cm³/mol. The summed E-state index contributed by atoms with van der Waals surface area (Å²) in [6.07, 6.45) is 1.78. The van der Waals surface area contributed by atoms with Crippen LogP contribution in [0, 0.1) is 13.8 Å². The van der Waals surface area contributed by atoms with E-state index in [1.54, 1.807) is 28.8 Å². The molecule has 6 nitrogen and oxygen atoms in total. The van der Waals surface area contributed by atoms with Gasteiger partial charge in [0, 0.05) is 6.20 Å². The zero-order valence-corrected chi connectivity index (χ0v) is 12.4. The molecule has 2 aromatic heterocycles. The average Bonchev–Trinajstić information content (AvgIpc) is 2.82. The number of hydrogen-bond donors (Lipinski definition) is 2. The fourth-order valence-corrected chi connectivity index (χ4v) is 2.22. The summed E-state index contributed by atoms with van der Waals surface area (Å²) >= 11 is 0. The van der Waals surface area contributed by atoms with Gasteiger partial charge in [-0.1, -0.05) is 12.1 Å². The van der Waals surface area contributed by atoms with Gasteiger partial charge in [-0.3, -0.25) is 4.40 Å². The Bertz CT molecular complexity index is 868. The van der Waals surface area contributed by atoms with Gasteiger partial charge in [-0.25, -0.2) is 4.98 Å². The third-order valence-electron chi connectivity index (χ3n) is 3.39. The van der Waals surface area contributed by atoms with Crippen LogP contribution in [0.2, 0.25) is 0 Å². The molecular weight excluding hydrogens is 280 g/mol. The quantitative estimate of drug-likeness (QED) is 0.725. The highest BCUT2D eigenvalue weighted by Gasteiger charge is 2.09. The van der Waals surface area contributed by atoms with Crippen LogP contribution in [-0.4, -0.2) is 19.6 Å². The Kier molecular flexibility index (Phi) is 3.60. The summed E-state index contributed by atoms with van der Waals surface area (Å²) in [7, 11) is 0. The molecule has 6 heteroatoms. The lowest BCUT2D eigenvalue weighted by Crippen LogP contribution is -1.89. The molecule has 1 aromatic carbocycles. The molecule has 2 heterocycles. The molecule has 0 radical (unpaired) electrons. The summed E-state index contributed by atoms with van der Waals surface area (Å²) in [5.41, 5.74) is 3.62. The van der Waals surface area contributed by atoms with E-state index in [9.17, 15) is 10.2 Å². The van der Waals surface area contributed by atoms with E-state index < -0.39 is 0 Å². The van der Waals surface area contributed by atoms with E-state index in [0.29, 0.717) is 11.5 Å². The first kappa shape index (κ1) is 14.2. The van der Waals surface area contributed by atoms with Crippen LogP contribution in [0.1, 0.15) is 16.8 Å². The maximum atomic E-state index is 9.82. The minimum atomic E-state index is -0.0532. The second kappa shape index (κ2) is 5.57. The number of rotatable bonds is 3. The summed E-state index contributed by atoms with van der Waals surface area (Å²) < 4.78 is 1.78. The smallest absolute Gasteiger partial charge is 0.182 e. The number of pyridine rings is 1. The Balaban J connectivity index is 2.08. The molecule has 0 fully saturated rings. The first-order valence-electron chi connectivity index (χ1n) is 6.88. The van der Waals surface area contributed by atoms with Crippen LogP contribution in [0.4, 0.5) is 11.5 Å². The Morgan fingerprint density at radius 2 is 1.95 bits per heavy atom. The number of azo groups is 1. The van der Waals surface area contributed by atoms with Crippen molar-refractivity contribution in [1.82, 2.24) is 9.38 Å². The molecule has 0 spiro atoms. The average molecular weight is 296 g/mol. The van der Waals surface area contributed by atoms with Crippen molar-refractivity contribution in [3.63, 3.8) is 0 Å². The van der Waals surface area contributed by atoms with Gasteiger partial charge < -0.3 is 10.2 Å². The summed E-state index contributed by atoms with van der Waals surface area (Å²) in [6.45, 7) is 3.71. The number of hydrogen-bond acceptors (Lipinski definition) is 5. The van der Waals surface area contributed by atoms with Crippen LogP contribution in [0.3, 0.4) is 0 Å². The lowest BCUT2D eigenvalue weighted by atomic mass is 10.2. The van der Waals surface area contributed by atoms with E-state index >= 15 is 0 Å². The molecule has 0 aliphatic heterocycles. The molecule has 0 aliphatic carbocycles. The molecule has 0 saturated heterocycles. The largest absolute Gasteiger partial charge is 0.506 e. The Hall–Kier alpha value is -2.73. The molecule has 22 heavy (non-hydrogen) atoms. The number of aromatic hydroxyl groups is 1. The monoisotopic (exact) mass is 296 g/mol. The van der Waals surface area contributed by atoms with Gasteiger partial charge in [0.1, 0.15) is 17.1 Å². The minimum absolute atomic E-state index is 0.0532. The van der Waals surface area contributed by atoms with E-state index in [1.807, 2.05) is 26.0 Å². The number of phenols is 1. The third-order valence-corrected chi connectivity index (χ3v) is 3.39. The van der Waals surface area contributed by atoms with Gasteiger partial charge in [-0.15, -0.1) is 10.2 Å². The maximum Gasteiger partial charge on any atom is 0.182 e. The topological polar surface area (TPSA) is 82.5 Å². The van der Waals surface area contributed by atoms with Crippen LogP contribution in [0.25, 0.3) is 5.65 Å². The molecule has 112 valence electrons. The van der Waals surface area contributed by atoms with Gasteiger partial charge in [0.15, 0.2) is 5.82 Å². The fourth-order valence-electron chi connectivity index (χ4n) is 2.22. The van der Waals surface area contributed by atoms with Crippen LogP contribution in [0.5, 0.6) is 5.75 Å². The lowest BCUT2D eigenvalue weighted by molar-refractivity contribution is 0.281. The highest BCUT2D eigenvalue weighted by Crippen LogP contribution is 2.30. The van der Waals surface area contributed by atoms with E-state index in [0.717, 1.165) is 22.5 Å². The van der Waals surface area contributed by atoms with E-state index in [-0.39, 0.29) is 12.4 Å². The van der Waals surface area contributed by atoms with Crippen LogP contribution < -0.4 is 0 Å². The summed E-state index contributed by atoms with van der Waals surface area (Å²) in [4.78, 5) is 4.41. The molecule has 0 amide bonds. The number of nitrogens with zero attached hydrogens (tertiary/aromatic N) is 4. The van der Waals surface area contributed by atoms with Crippen molar-refractivity contribution in [1.29, 1.82) is 0 Å². The number of aryl methyl sites for hydroxylation is 2. The number of benzene rings is 1. The Morgan fingerprint density at radius 1 is 1.14 bits per heavy atom. The molecule has 2 N–H and O–H groups in total. The van der Waals surface area contributed by atoms with Crippen molar-refractivity contribution in [2.45, 2.75) is 20.5 Å². The predicted octanol–water partition coefficient (Wildman–Crippen LogP) is 3.56. The first-order valence-corrected chi connectivity index (χ1v) is 6.88. The van der Waals surface area contributed by atoms with E-state index in [1.165, 1.54) is 0 Å². The van der Waals surface area contributed by atoms with Gasteiger partial charge >= 0.3 is 0 Å². The number of fused-ring (bicyclic) bond motifs is 1. The van der Waals surface area contributed by atoms with Gasteiger partial charge in [0.25, 0.3) is 0 Å². The van der Waals surface area contributed by atoms with E-state index in [2.05, 4.69) is 15.2 Å². The van der Waals surface area contributed by atoms with Crippen molar-refractivity contribution < 1.29 is 10.2 Å². The molecule has 3 aromatic rings. The molecular formula is C16H16N4O2. The zero-order chi connectivity index (χ0) is 15.7. The summed E-state index contributed by atoms with van der Waals surface area (Å²) in [5.74, 6) is 0.656. The number of aromatic nitrogens is 2. The second-order valence-corrected chi connectivity index (χ2v) is 5.14. The minimum Gasteiger partial charge on any atom is -0.506 e. The third kappa shape index (κ3) is 2.56. The molecule has 0 aliphatic rings. The number of imidazole rings is 1. The molecule has 0 saturated carbocycles. The van der Waals surface area contributed by atoms with Crippen molar-refractivity contribution in [2.24, 2.45) is 10.2 Å². The highest BCUT2D eigenvalue weighted by molar-refractivity contribution is 5.55. The van der Waals surface area contributed by atoms with Gasteiger partial charge in [0.2, 0.25) is 0 Å². The standard InChI is InChI=1S/C16H16N4O2/c1-10-3-5-14(22)13(7-10)18-19-16-11(2)17-15-6-4-12(9-21)8-20(15)16/h3-8,21-22H,9H2,1-2H3. The van der Waals surface area contributed by atoms with Crippen molar-refractivity contribution in [3.05, 3.63) is 53.3 Å². The van der Waals surface area contributed by atoms with E-state index in [4.69, 9.17) is 0 Å². The number of aliphatic hydroxyl groups is 1. The summed E-state index contributed by atoms with van der Waals surface area (Å²) in [6, 6.07) is 8.80. The van der Waals surface area contributed by atoms with Crippen molar-refractivity contribution in [3.8, 4) is 5.75 Å². The fraction of sp³-hybridized carbons (Fsp3) is 0.188.